The van der Waals surface area contributed by atoms with Crippen molar-refractivity contribution in [3.63, 3.8) is 0 Å². The molecule has 6 nitrogen and oxygen atoms in total. The van der Waals surface area contributed by atoms with Gasteiger partial charge in [0.2, 0.25) is 10.0 Å². The molecule has 0 aliphatic rings. The molecule has 1 aromatic heterocycles. The average molecular weight is 488 g/mol. The van der Waals surface area contributed by atoms with E-state index in [4.69, 9.17) is 29.6 Å². The van der Waals surface area contributed by atoms with Gasteiger partial charge in [-0.1, -0.05) is 47.3 Å². The first-order valence-electron chi connectivity index (χ1n) is 9.46. The maximum atomic E-state index is 13.4. The first kappa shape index (κ1) is 23.8. The third kappa shape index (κ3) is 6.09. The van der Waals surface area contributed by atoms with E-state index in [1.165, 1.54) is 18.2 Å². The van der Waals surface area contributed by atoms with Crippen molar-refractivity contribution in [3.8, 4) is 12.3 Å². The van der Waals surface area contributed by atoms with Crippen molar-refractivity contribution in [3.05, 3.63) is 93.7 Å². The molecule has 0 fully saturated rings. The van der Waals surface area contributed by atoms with Gasteiger partial charge in [0.05, 0.1) is 33.7 Å². The zero-order valence-electron chi connectivity index (χ0n) is 16.8. The van der Waals surface area contributed by atoms with E-state index in [0.29, 0.717) is 15.7 Å². The number of hydrogen-bond donors (Lipinski definition) is 1. The fourth-order valence-corrected chi connectivity index (χ4v) is 4.24. The summed E-state index contributed by atoms with van der Waals surface area (Å²) in [4.78, 5) is 19.2. The molecule has 0 spiro atoms. The van der Waals surface area contributed by atoms with E-state index in [1.54, 1.807) is 47.5 Å². The minimum absolute atomic E-state index is 0.0501. The maximum Gasteiger partial charge on any atom is 0.254 e. The van der Waals surface area contributed by atoms with E-state index < -0.39 is 10.0 Å². The molecule has 1 heterocycles. The molecule has 3 rings (SSSR count). The van der Waals surface area contributed by atoms with Crippen molar-refractivity contribution in [2.45, 2.75) is 18.0 Å². The van der Waals surface area contributed by atoms with E-state index in [1.807, 2.05) is 6.07 Å². The number of nitrogens with one attached hydrogen (secondary N) is 1. The first-order valence-corrected chi connectivity index (χ1v) is 11.7. The van der Waals surface area contributed by atoms with Crippen LogP contribution in [0.4, 0.5) is 0 Å². The Balaban J connectivity index is 1.93. The summed E-state index contributed by atoms with van der Waals surface area (Å²) in [5.41, 5.74) is 1.66. The Morgan fingerprint density at radius 2 is 1.84 bits per heavy atom. The van der Waals surface area contributed by atoms with Gasteiger partial charge in [-0.25, -0.2) is 8.42 Å². The molecule has 0 radical (unpaired) electrons. The number of rotatable bonds is 8. The summed E-state index contributed by atoms with van der Waals surface area (Å²) in [5.74, 6) is 1.85. The number of hydrogen-bond acceptors (Lipinski definition) is 4. The Bertz CT molecular complexity index is 1260. The summed E-state index contributed by atoms with van der Waals surface area (Å²) in [5, 5.41) is 0.789. The van der Waals surface area contributed by atoms with Gasteiger partial charge in [0.25, 0.3) is 5.91 Å². The number of carbonyl (C=O) groups is 1. The van der Waals surface area contributed by atoms with Gasteiger partial charge in [-0.15, -0.1) is 6.42 Å². The molecule has 0 unspecified atom stereocenters. The predicted octanol–water partition coefficient (Wildman–Crippen LogP) is 4.14. The Hall–Kier alpha value is -2.89. The molecule has 2 aromatic carbocycles. The largest absolute Gasteiger partial charge is 0.328 e. The van der Waals surface area contributed by atoms with Crippen LogP contribution in [0.1, 0.15) is 21.6 Å². The van der Waals surface area contributed by atoms with Crippen LogP contribution in [0.2, 0.25) is 10.0 Å². The number of pyridine rings is 1. The molecule has 9 heteroatoms. The zero-order valence-corrected chi connectivity index (χ0v) is 19.2. The Morgan fingerprint density at radius 3 is 2.53 bits per heavy atom. The van der Waals surface area contributed by atoms with Gasteiger partial charge in [0, 0.05) is 18.3 Å². The van der Waals surface area contributed by atoms with Gasteiger partial charge < -0.3 is 4.90 Å². The van der Waals surface area contributed by atoms with E-state index in [2.05, 4.69) is 15.6 Å². The molecule has 1 amide bonds. The Morgan fingerprint density at radius 1 is 1.03 bits per heavy atom. The van der Waals surface area contributed by atoms with Gasteiger partial charge in [-0.05, 0) is 48.0 Å². The molecule has 0 saturated heterocycles. The summed E-state index contributed by atoms with van der Waals surface area (Å²) in [6.07, 6.45) is 6.78. The van der Waals surface area contributed by atoms with Crippen molar-refractivity contribution in [2.24, 2.45) is 0 Å². The molecule has 0 bridgehead atoms. The Labute approximate surface area is 197 Å². The van der Waals surface area contributed by atoms with Gasteiger partial charge in [0.15, 0.2) is 0 Å². The standard InChI is InChI=1S/C23H19Cl2N3O3S/c1-2-11-27-32(30,31)20-8-5-6-18(14-20)23(29)28(16-19-7-3-4-12-26-19)15-17-9-10-21(24)22(25)13-17/h1,3-10,12-14,27H,11,15-16H2. The lowest BCUT2D eigenvalue weighted by Gasteiger charge is -2.23. The minimum atomic E-state index is -3.84. The lowest BCUT2D eigenvalue weighted by Crippen LogP contribution is -2.31. The smallest absolute Gasteiger partial charge is 0.254 e. The fourth-order valence-electron chi connectivity index (χ4n) is 2.94. The van der Waals surface area contributed by atoms with Crippen LogP contribution in [0.5, 0.6) is 0 Å². The summed E-state index contributed by atoms with van der Waals surface area (Å²) in [6.45, 7) is 0.286. The minimum Gasteiger partial charge on any atom is -0.328 e. The van der Waals surface area contributed by atoms with E-state index in [9.17, 15) is 13.2 Å². The summed E-state index contributed by atoms with van der Waals surface area (Å²) in [7, 11) is -3.84. The number of sulfonamides is 1. The summed E-state index contributed by atoms with van der Waals surface area (Å²) >= 11 is 12.1. The van der Waals surface area contributed by atoms with Crippen molar-refractivity contribution in [1.82, 2.24) is 14.6 Å². The second-order valence-electron chi connectivity index (χ2n) is 6.79. The van der Waals surface area contributed by atoms with Crippen LogP contribution >= 0.6 is 23.2 Å². The molecule has 164 valence electrons. The molecular formula is C23H19Cl2N3O3S. The highest BCUT2D eigenvalue weighted by molar-refractivity contribution is 7.89. The summed E-state index contributed by atoms with van der Waals surface area (Å²) < 4.78 is 27.1. The number of carbonyl (C=O) groups excluding carboxylic acids is 1. The molecule has 1 N–H and O–H groups in total. The zero-order chi connectivity index (χ0) is 23.1. The number of amides is 1. The van der Waals surface area contributed by atoms with E-state index in [-0.39, 0.29) is 36.0 Å². The molecule has 0 saturated carbocycles. The van der Waals surface area contributed by atoms with Crippen LogP contribution in [0, 0.1) is 12.3 Å². The monoisotopic (exact) mass is 487 g/mol. The first-order chi connectivity index (χ1) is 15.3. The van der Waals surface area contributed by atoms with E-state index >= 15 is 0 Å². The second-order valence-corrected chi connectivity index (χ2v) is 9.37. The predicted molar refractivity (Wildman–Crippen MR) is 125 cm³/mol. The summed E-state index contributed by atoms with van der Waals surface area (Å²) in [6, 6.07) is 16.3. The lowest BCUT2D eigenvalue weighted by molar-refractivity contribution is 0.0727. The van der Waals surface area contributed by atoms with Crippen molar-refractivity contribution >= 4 is 39.1 Å². The number of terminal acetylenes is 1. The third-order valence-electron chi connectivity index (χ3n) is 4.48. The number of aromatic nitrogens is 1. The van der Waals surface area contributed by atoms with Crippen molar-refractivity contribution in [2.75, 3.05) is 6.54 Å². The van der Waals surface area contributed by atoms with E-state index in [0.717, 1.165) is 5.56 Å². The van der Waals surface area contributed by atoms with Crippen LogP contribution in [-0.4, -0.2) is 30.8 Å². The molecule has 3 aromatic rings. The highest BCUT2D eigenvalue weighted by Crippen LogP contribution is 2.24. The molecule has 0 atom stereocenters. The quantitative estimate of drug-likeness (QED) is 0.484. The van der Waals surface area contributed by atoms with Gasteiger partial charge >= 0.3 is 0 Å². The van der Waals surface area contributed by atoms with Crippen molar-refractivity contribution < 1.29 is 13.2 Å². The SMILES string of the molecule is C#CCNS(=O)(=O)c1cccc(C(=O)N(Cc2ccc(Cl)c(Cl)c2)Cc2ccccn2)c1. The van der Waals surface area contributed by atoms with Gasteiger partial charge in [0.1, 0.15) is 0 Å². The Kier molecular flexibility index (Phi) is 7.89. The number of halogens is 2. The van der Waals surface area contributed by atoms with Crippen LogP contribution in [0.3, 0.4) is 0 Å². The van der Waals surface area contributed by atoms with Gasteiger partial charge in [-0.2, -0.15) is 4.72 Å². The van der Waals surface area contributed by atoms with Crippen LogP contribution < -0.4 is 4.72 Å². The lowest BCUT2D eigenvalue weighted by atomic mass is 10.1. The molecule has 32 heavy (non-hydrogen) atoms. The second kappa shape index (κ2) is 10.6. The third-order valence-corrected chi connectivity index (χ3v) is 6.62. The van der Waals surface area contributed by atoms with Crippen molar-refractivity contribution in [1.29, 1.82) is 0 Å². The van der Waals surface area contributed by atoms with Crippen LogP contribution in [0.15, 0.2) is 71.8 Å². The molecular weight excluding hydrogens is 469 g/mol. The number of nitrogens with zero attached hydrogens (tertiary/aromatic N) is 2. The van der Waals surface area contributed by atoms with Crippen LogP contribution in [0.25, 0.3) is 0 Å². The topological polar surface area (TPSA) is 79.4 Å². The normalized spacial score (nSPS) is 11.0. The molecule has 0 aliphatic carbocycles. The van der Waals surface area contributed by atoms with Crippen LogP contribution in [-0.2, 0) is 23.1 Å². The van der Waals surface area contributed by atoms with Gasteiger partial charge in [-0.3, -0.25) is 9.78 Å². The maximum absolute atomic E-state index is 13.4. The highest BCUT2D eigenvalue weighted by atomic mass is 35.5. The molecule has 0 aliphatic heterocycles. The number of benzene rings is 2. The highest BCUT2D eigenvalue weighted by Gasteiger charge is 2.21. The average Bonchev–Trinajstić information content (AvgIpc) is 2.80. The fraction of sp³-hybridized carbons (Fsp3) is 0.130.